The van der Waals surface area contributed by atoms with Crippen LogP contribution in [-0.2, 0) is 12.4 Å². The van der Waals surface area contributed by atoms with Gasteiger partial charge in [-0.2, -0.15) is 54.5 Å². The van der Waals surface area contributed by atoms with Crippen LogP contribution in [0.2, 0.25) is 0 Å². The topological polar surface area (TPSA) is 100.0 Å². The monoisotopic (exact) mass is 569 g/mol. The minimum absolute atomic E-state index is 0.226. The Morgan fingerprint density at radius 1 is 0.872 bits per heavy atom. The summed E-state index contributed by atoms with van der Waals surface area (Å²) in [7, 11) is 0. The zero-order valence-corrected chi connectivity index (χ0v) is 20.1. The molecule has 0 aliphatic carbocycles. The van der Waals surface area contributed by atoms with Crippen LogP contribution in [0.3, 0.4) is 0 Å². The van der Waals surface area contributed by atoms with E-state index in [2.05, 4.69) is 30.2 Å². The van der Waals surface area contributed by atoms with E-state index in [1.165, 1.54) is 0 Å². The van der Waals surface area contributed by atoms with Gasteiger partial charge in [0.05, 0.1) is 6.54 Å². The summed E-state index contributed by atoms with van der Waals surface area (Å²) < 4.78 is 118. The van der Waals surface area contributed by atoms with E-state index < -0.39 is 71.9 Å². The van der Waals surface area contributed by atoms with Crippen LogP contribution in [0.25, 0.3) is 11.5 Å². The van der Waals surface area contributed by atoms with Crippen LogP contribution in [0.5, 0.6) is 0 Å². The summed E-state index contributed by atoms with van der Waals surface area (Å²) in [4.78, 5) is 19.3. The molecule has 0 amide bonds. The lowest BCUT2D eigenvalue weighted by Gasteiger charge is -2.26. The molecule has 17 heteroatoms. The third-order valence-corrected chi connectivity index (χ3v) is 5.26. The highest BCUT2D eigenvalue weighted by atomic mass is 19.4. The van der Waals surface area contributed by atoms with E-state index in [1.807, 2.05) is 13.8 Å². The number of aliphatic hydroxyl groups is 1. The predicted molar refractivity (Wildman–Crippen MR) is 120 cm³/mol. The van der Waals surface area contributed by atoms with E-state index in [0.717, 1.165) is 29.3 Å². The maximum atomic E-state index is 13.3. The Balaban J connectivity index is 0.00000205. The van der Waals surface area contributed by atoms with Crippen molar-refractivity contribution in [3.8, 4) is 11.5 Å². The van der Waals surface area contributed by atoms with Crippen molar-refractivity contribution < 1.29 is 44.6 Å². The number of halogens is 9. The molecule has 1 aliphatic rings. The lowest BCUT2D eigenvalue weighted by atomic mass is 10.0. The Morgan fingerprint density at radius 2 is 1.54 bits per heavy atom. The number of nitrogens with one attached hydrogen (secondary N) is 1. The molecular formula is C22H20F9N7O. The molecule has 212 valence electrons. The van der Waals surface area contributed by atoms with Crippen molar-refractivity contribution in [1.82, 2.24) is 24.9 Å². The number of pyridine rings is 2. The number of rotatable bonds is 4. The van der Waals surface area contributed by atoms with Gasteiger partial charge in [0.15, 0.2) is 11.4 Å². The predicted octanol–water partition coefficient (Wildman–Crippen LogP) is 5.64. The Labute approximate surface area is 215 Å². The van der Waals surface area contributed by atoms with E-state index in [0.29, 0.717) is 12.1 Å². The van der Waals surface area contributed by atoms with Crippen LogP contribution in [0, 0.1) is 0 Å². The number of anilines is 3. The fraction of sp³-hybridized carbons (Fsp3) is 0.409. The van der Waals surface area contributed by atoms with Gasteiger partial charge in [-0.05, 0) is 24.3 Å². The number of hydrogen-bond donors (Lipinski definition) is 2. The van der Waals surface area contributed by atoms with Crippen LogP contribution in [0.15, 0.2) is 36.5 Å². The van der Waals surface area contributed by atoms with Gasteiger partial charge in [0, 0.05) is 24.8 Å². The summed E-state index contributed by atoms with van der Waals surface area (Å²) >= 11 is 0. The number of hydrogen-bond acceptors (Lipinski definition) is 8. The van der Waals surface area contributed by atoms with Gasteiger partial charge in [-0.1, -0.05) is 19.9 Å². The van der Waals surface area contributed by atoms with Gasteiger partial charge in [-0.15, -0.1) is 0 Å². The number of nitrogens with zero attached hydrogens (tertiary/aromatic N) is 6. The molecule has 1 atom stereocenters. The Kier molecular flexibility index (Phi) is 8.23. The first-order chi connectivity index (χ1) is 18.0. The van der Waals surface area contributed by atoms with Gasteiger partial charge in [0.1, 0.15) is 17.1 Å². The average molecular weight is 569 g/mol. The molecule has 1 fully saturated rings. The van der Waals surface area contributed by atoms with Gasteiger partial charge >= 0.3 is 18.5 Å². The first kappa shape index (κ1) is 29.8. The zero-order chi connectivity index (χ0) is 29.2. The van der Waals surface area contributed by atoms with Crippen molar-refractivity contribution in [1.29, 1.82) is 0 Å². The largest absolute Gasteiger partial charge is 0.433 e. The van der Waals surface area contributed by atoms with Crippen molar-refractivity contribution in [2.75, 3.05) is 23.3 Å². The summed E-state index contributed by atoms with van der Waals surface area (Å²) in [6.45, 7) is 2.62. The highest BCUT2D eigenvalue weighted by Crippen LogP contribution is 2.39. The summed E-state index contributed by atoms with van der Waals surface area (Å²) in [6.07, 6.45) is -14.6. The van der Waals surface area contributed by atoms with Crippen LogP contribution in [0.1, 0.15) is 31.7 Å². The molecule has 4 heterocycles. The van der Waals surface area contributed by atoms with E-state index >= 15 is 0 Å². The molecule has 8 nitrogen and oxygen atoms in total. The standard InChI is InChI=1S/C20H14F9N7O.C2H6/c21-18(22,23)12-3-1-2-11(32-12)14-33-15(31-10-4-6-30-13(8-10)19(24,25)26)35-16(34-14)36-7-5-17(37,9-36)20(27,28)29;1-2/h1-4,6,8,37H,5,7,9H2,(H,30,31,33,34,35);1-2H3. The molecule has 0 bridgehead atoms. The Bertz CT molecular complexity index is 1300. The maximum Gasteiger partial charge on any atom is 0.433 e. The first-order valence-corrected chi connectivity index (χ1v) is 11.2. The minimum Gasteiger partial charge on any atom is -0.379 e. The second-order valence-corrected chi connectivity index (χ2v) is 7.94. The molecule has 0 saturated carbocycles. The smallest absolute Gasteiger partial charge is 0.379 e. The lowest BCUT2D eigenvalue weighted by molar-refractivity contribution is -0.250. The van der Waals surface area contributed by atoms with Gasteiger partial charge in [-0.25, -0.2) is 4.98 Å². The van der Waals surface area contributed by atoms with Crippen LogP contribution < -0.4 is 10.2 Å². The fourth-order valence-corrected chi connectivity index (χ4v) is 3.38. The fourth-order valence-electron chi connectivity index (χ4n) is 3.38. The van der Waals surface area contributed by atoms with Crippen molar-refractivity contribution in [3.05, 3.63) is 47.9 Å². The maximum absolute atomic E-state index is 13.3. The average Bonchev–Trinajstić information content (AvgIpc) is 3.28. The van der Waals surface area contributed by atoms with E-state index in [-0.39, 0.29) is 12.2 Å². The van der Waals surface area contributed by atoms with E-state index in [9.17, 15) is 44.6 Å². The molecule has 3 aromatic rings. The third-order valence-electron chi connectivity index (χ3n) is 5.26. The number of alkyl halides is 9. The van der Waals surface area contributed by atoms with Gasteiger partial charge in [-0.3, -0.25) is 4.98 Å². The normalized spacial score (nSPS) is 18.0. The molecular weight excluding hydrogens is 549 g/mol. The van der Waals surface area contributed by atoms with Crippen LogP contribution >= 0.6 is 0 Å². The molecule has 0 aromatic carbocycles. The van der Waals surface area contributed by atoms with Crippen molar-refractivity contribution in [2.24, 2.45) is 0 Å². The Hall–Kier alpha value is -3.76. The number of aromatic nitrogens is 5. The molecule has 3 aromatic heterocycles. The highest BCUT2D eigenvalue weighted by Gasteiger charge is 2.57. The van der Waals surface area contributed by atoms with Crippen molar-refractivity contribution >= 4 is 17.6 Å². The second kappa shape index (κ2) is 10.8. The molecule has 4 rings (SSSR count). The molecule has 2 N–H and O–H groups in total. The SMILES string of the molecule is CC.OC1(C(F)(F)F)CCN(c2nc(Nc3ccnc(C(F)(F)F)c3)nc(-c3cccc(C(F)(F)F)n3)n2)C1. The third kappa shape index (κ3) is 6.82. The van der Waals surface area contributed by atoms with E-state index in [1.54, 1.807) is 0 Å². The van der Waals surface area contributed by atoms with E-state index in [4.69, 9.17) is 0 Å². The summed E-state index contributed by atoms with van der Waals surface area (Å²) in [5.41, 5.74) is -6.35. The van der Waals surface area contributed by atoms with Crippen molar-refractivity contribution in [2.45, 2.75) is 44.4 Å². The zero-order valence-electron chi connectivity index (χ0n) is 20.1. The molecule has 39 heavy (non-hydrogen) atoms. The Morgan fingerprint density at radius 3 is 2.13 bits per heavy atom. The molecule has 0 radical (unpaired) electrons. The van der Waals surface area contributed by atoms with Crippen LogP contribution in [-0.4, -0.2) is 54.9 Å². The van der Waals surface area contributed by atoms with Gasteiger partial charge in [0.25, 0.3) is 0 Å². The quantitative estimate of drug-likeness (QED) is 0.390. The molecule has 1 saturated heterocycles. The lowest BCUT2D eigenvalue weighted by Crippen LogP contribution is -2.47. The van der Waals surface area contributed by atoms with Gasteiger partial charge in [0.2, 0.25) is 11.9 Å². The van der Waals surface area contributed by atoms with Crippen molar-refractivity contribution in [3.63, 3.8) is 0 Å². The molecule has 0 spiro atoms. The second-order valence-electron chi connectivity index (χ2n) is 7.94. The number of β-amino-alcohol motifs (C(OH)–C–C–N with tert-alkyl or cyclic N) is 1. The first-order valence-electron chi connectivity index (χ1n) is 11.2. The van der Waals surface area contributed by atoms with Gasteiger partial charge < -0.3 is 15.3 Å². The summed E-state index contributed by atoms with van der Waals surface area (Å²) in [6, 6.07) is 4.48. The molecule has 1 aliphatic heterocycles. The highest BCUT2D eigenvalue weighted by molar-refractivity contribution is 5.59. The van der Waals surface area contributed by atoms with Crippen LogP contribution in [0.4, 0.5) is 57.1 Å². The summed E-state index contributed by atoms with van der Waals surface area (Å²) in [5.74, 6) is -1.48. The summed E-state index contributed by atoms with van der Waals surface area (Å²) in [5, 5.41) is 12.4. The molecule has 1 unspecified atom stereocenters. The minimum atomic E-state index is -4.99.